The highest BCUT2D eigenvalue weighted by atomic mass is 35.5. The van der Waals surface area contributed by atoms with E-state index >= 15 is 0 Å². The van der Waals surface area contributed by atoms with Gasteiger partial charge >= 0.3 is 12.1 Å². The van der Waals surface area contributed by atoms with E-state index in [1.807, 2.05) is 13.8 Å². The average molecular weight is 374 g/mol. The number of benzene rings is 1. The van der Waals surface area contributed by atoms with Crippen LogP contribution in [0.25, 0.3) is 6.08 Å². The van der Waals surface area contributed by atoms with Gasteiger partial charge in [-0.2, -0.15) is 0 Å². The maximum Gasteiger partial charge on any atom is 0.408 e. The fraction of sp³-hybridized carbons (Fsp3) is 0.412. The van der Waals surface area contributed by atoms with E-state index in [4.69, 9.17) is 23.2 Å². The Morgan fingerprint density at radius 3 is 2.21 bits per heavy atom. The highest BCUT2D eigenvalue weighted by molar-refractivity contribution is 6.34. The molecule has 24 heavy (non-hydrogen) atoms. The molecule has 5 nitrogen and oxygen atoms in total. The Hall–Kier alpha value is -1.72. The van der Waals surface area contributed by atoms with E-state index in [-0.39, 0.29) is 18.9 Å². The van der Waals surface area contributed by atoms with E-state index in [0.29, 0.717) is 16.5 Å². The lowest BCUT2D eigenvalue weighted by atomic mass is 10.1. The van der Waals surface area contributed by atoms with E-state index in [2.05, 4.69) is 0 Å². The van der Waals surface area contributed by atoms with Gasteiger partial charge in [0.25, 0.3) is 0 Å². The van der Waals surface area contributed by atoms with E-state index in [1.165, 1.54) is 0 Å². The summed E-state index contributed by atoms with van der Waals surface area (Å²) in [7, 11) is 0. The van der Waals surface area contributed by atoms with Gasteiger partial charge in [0.05, 0.1) is 0 Å². The van der Waals surface area contributed by atoms with Crippen LogP contribution in [0.5, 0.6) is 0 Å². The van der Waals surface area contributed by atoms with Crippen molar-refractivity contribution in [3.8, 4) is 0 Å². The van der Waals surface area contributed by atoms with Crippen molar-refractivity contribution >= 4 is 41.3 Å². The summed E-state index contributed by atoms with van der Waals surface area (Å²) in [6.07, 6.45) is 2.72. The Balaban J connectivity index is 2.85. The van der Waals surface area contributed by atoms with Crippen LogP contribution in [0.2, 0.25) is 10.0 Å². The number of aliphatic carboxylic acids is 1. The van der Waals surface area contributed by atoms with Gasteiger partial charge in [0.15, 0.2) is 0 Å². The molecule has 0 aromatic heterocycles. The van der Waals surface area contributed by atoms with Crippen molar-refractivity contribution in [3.63, 3.8) is 0 Å². The molecule has 1 atom stereocenters. The minimum atomic E-state index is -1.23. The maximum absolute atomic E-state index is 11.5. The largest absolute Gasteiger partial charge is 0.480 e. The van der Waals surface area contributed by atoms with Crippen molar-refractivity contribution in [2.45, 2.75) is 32.7 Å². The van der Waals surface area contributed by atoms with Crippen molar-refractivity contribution in [2.75, 3.05) is 6.54 Å². The number of carboxylic acids is 1. The summed E-state index contributed by atoms with van der Waals surface area (Å²) in [6.45, 7) is 4.10. The zero-order valence-electron chi connectivity index (χ0n) is 13.6. The molecule has 0 aliphatic heterocycles. The van der Waals surface area contributed by atoms with Crippen LogP contribution in [0.4, 0.5) is 4.79 Å². The molecule has 1 aromatic carbocycles. The van der Waals surface area contributed by atoms with E-state index in [9.17, 15) is 19.8 Å². The van der Waals surface area contributed by atoms with Crippen LogP contribution in [0.1, 0.15) is 32.3 Å². The van der Waals surface area contributed by atoms with Crippen molar-refractivity contribution in [1.29, 1.82) is 0 Å². The van der Waals surface area contributed by atoms with Gasteiger partial charge < -0.3 is 10.2 Å². The molecule has 0 bridgehead atoms. The lowest BCUT2D eigenvalue weighted by Gasteiger charge is -2.26. The average Bonchev–Trinajstić information content (AvgIpc) is 2.43. The summed E-state index contributed by atoms with van der Waals surface area (Å²) < 4.78 is 0. The molecule has 1 rings (SSSR count). The number of nitrogens with zero attached hydrogens (tertiary/aromatic N) is 1. The molecular weight excluding hydrogens is 353 g/mol. The van der Waals surface area contributed by atoms with E-state index in [0.717, 1.165) is 10.5 Å². The lowest BCUT2D eigenvalue weighted by molar-refractivity contribution is -0.142. The van der Waals surface area contributed by atoms with Crippen LogP contribution in [-0.4, -0.2) is 39.8 Å². The molecule has 1 aromatic rings. The molecule has 132 valence electrons. The van der Waals surface area contributed by atoms with Crippen molar-refractivity contribution in [2.24, 2.45) is 5.92 Å². The summed E-state index contributed by atoms with van der Waals surface area (Å²) in [5, 5.41) is 19.6. The molecule has 0 aliphatic rings. The van der Waals surface area contributed by atoms with Gasteiger partial charge in [0.1, 0.15) is 6.04 Å². The van der Waals surface area contributed by atoms with Crippen molar-refractivity contribution in [3.05, 3.63) is 39.9 Å². The predicted molar refractivity (Wildman–Crippen MR) is 95.7 cm³/mol. The van der Waals surface area contributed by atoms with Gasteiger partial charge in [-0.3, -0.25) is 4.90 Å². The SMILES string of the molecule is CC(C)CCN(C(=O)O)C(C/C=C\c1cc(Cl)cc(Cl)c1)C(=O)O. The fourth-order valence-corrected chi connectivity index (χ4v) is 2.69. The summed E-state index contributed by atoms with van der Waals surface area (Å²) in [5.41, 5.74) is 0.723. The molecule has 0 saturated carbocycles. The monoisotopic (exact) mass is 373 g/mol. The quantitative estimate of drug-likeness (QED) is 0.680. The first-order valence-electron chi connectivity index (χ1n) is 7.55. The number of hydrogen-bond acceptors (Lipinski definition) is 2. The second-order valence-corrected chi connectivity index (χ2v) is 6.73. The minimum Gasteiger partial charge on any atom is -0.480 e. The number of halogens is 2. The normalized spacial score (nSPS) is 12.5. The van der Waals surface area contributed by atoms with Gasteiger partial charge in [0, 0.05) is 16.6 Å². The Kier molecular flexibility index (Phi) is 8.08. The highest BCUT2D eigenvalue weighted by Crippen LogP contribution is 2.20. The summed E-state index contributed by atoms with van der Waals surface area (Å²) in [6, 6.07) is 3.84. The Labute approximate surface area is 151 Å². The van der Waals surface area contributed by atoms with Gasteiger partial charge in [-0.05, 0) is 42.5 Å². The van der Waals surface area contributed by atoms with E-state index in [1.54, 1.807) is 30.4 Å². The first kappa shape index (κ1) is 20.3. The summed E-state index contributed by atoms with van der Waals surface area (Å²) in [4.78, 5) is 23.8. The first-order valence-corrected chi connectivity index (χ1v) is 8.31. The summed E-state index contributed by atoms with van der Waals surface area (Å²) in [5.74, 6) is -0.889. The Bertz CT molecular complexity index is 596. The molecule has 0 aliphatic carbocycles. The minimum absolute atomic E-state index is 0.0594. The van der Waals surface area contributed by atoms with Gasteiger partial charge in [0.2, 0.25) is 0 Å². The lowest BCUT2D eigenvalue weighted by Crippen LogP contribution is -2.45. The van der Waals surface area contributed by atoms with Gasteiger partial charge in [-0.15, -0.1) is 0 Å². The number of hydrogen-bond donors (Lipinski definition) is 2. The number of carbonyl (C=O) groups is 2. The maximum atomic E-state index is 11.5. The van der Waals surface area contributed by atoms with Crippen LogP contribution >= 0.6 is 23.2 Å². The Morgan fingerprint density at radius 1 is 1.17 bits per heavy atom. The number of rotatable bonds is 8. The van der Waals surface area contributed by atoms with Crippen LogP contribution < -0.4 is 0 Å². The third-order valence-corrected chi connectivity index (χ3v) is 3.85. The molecular formula is C17H21Cl2NO4. The van der Waals surface area contributed by atoms with Crippen molar-refractivity contribution < 1.29 is 19.8 Å². The second-order valence-electron chi connectivity index (χ2n) is 5.85. The third kappa shape index (κ3) is 6.81. The van der Waals surface area contributed by atoms with Gasteiger partial charge in [-0.25, -0.2) is 9.59 Å². The van der Waals surface area contributed by atoms with E-state index < -0.39 is 18.1 Å². The molecule has 2 N–H and O–H groups in total. The van der Waals surface area contributed by atoms with Gasteiger partial charge in [-0.1, -0.05) is 49.2 Å². The first-order chi connectivity index (χ1) is 11.2. The molecule has 0 heterocycles. The number of carboxylic acid groups (broad SMARTS) is 2. The van der Waals surface area contributed by atoms with Crippen LogP contribution in [-0.2, 0) is 4.79 Å². The smallest absolute Gasteiger partial charge is 0.408 e. The number of amides is 1. The summed E-state index contributed by atoms with van der Waals surface area (Å²) >= 11 is 11.8. The predicted octanol–water partition coefficient (Wildman–Crippen LogP) is 4.88. The second kappa shape index (κ2) is 9.55. The highest BCUT2D eigenvalue weighted by Gasteiger charge is 2.28. The van der Waals surface area contributed by atoms with Crippen LogP contribution in [0.15, 0.2) is 24.3 Å². The molecule has 0 fully saturated rings. The van der Waals surface area contributed by atoms with Crippen LogP contribution in [0.3, 0.4) is 0 Å². The zero-order chi connectivity index (χ0) is 18.3. The fourth-order valence-electron chi connectivity index (χ4n) is 2.15. The third-order valence-electron chi connectivity index (χ3n) is 3.41. The molecule has 7 heteroatoms. The zero-order valence-corrected chi connectivity index (χ0v) is 15.1. The molecule has 0 radical (unpaired) electrons. The molecule has 1 amide bonds. The van der Waals surface area contributed by atoms with Crippen LogP contribution in [0, 0.1) is 5.92 Å². The standard InChI is InChI=1S/C17H21Cl2NO4/c1-11(2)6-7-20(17(23)24)15(16(21)22)5-3-4-12-8-13(18)10-14(19)9-12/h3-4,8-11,15H,5-7H2,1-2H3,(H,21,22)(H,23,24)/b4-3-. The topological polar surface area (TPSA) is 77.8 Å². The molecule has 1 unspecified atom stereocenters. The molecule has 0 spiro atoms. The molecule has 0 saturated heterocycles. The van der Waals surface area contributed by atoms with Crippen molar-refractivity contribution in [1.82, 2.24) is 4.90 Å². The Morgan fingerprint density at radius 2 is 1.75 bits per heavy atom.